The third-order valence-electron chi connectivity index (χ3n) is 5.42. The number of aliphatic hydroxyl groups is 1. The first-order valence-electron chi connectivity index (χ1n) is 10.3. The molecule has 0 saturated heterocycles. The Bertz CT molecular complexity index is 1130. The van der Waals surface area contributed by atoms with Crippen LogP contribution < -0.4 is 10.2 Å². The first kappa shape index (κ1) is 21.8. The normalized spacial score (nSPS) is 13.2. The Labute approximate surface area is 183 Å². The third-order valence-corrected chi connectivity index (χ3v) is 5.42. The van der Waals surface area contributed by atoms with Crippen LogP contribution in [0.25, 0.3) is 0 Å². The Morgan fingerprint density at radius 3 is 2.72 bits per heavy atom. The van der Waals surface area contributed by atoms with Crippen molar-refractivity contribution in [3.05, 3.63) is 88.7 Å². The second-order valence-electron chi connectivity index (χ2n) is 7.56. The number of hydrogen-bond donors (Lipinski definition) is 2. The number of aromatic nitrogens is 1. The van der Waals surface area contributed by atoms with E-state index < -0.39 is 11.7 Å². The molecule has 5 nitrogen and oxygen atoms in total. The van der Waals surface area contributed by atoms with Gasteiger partial charge in [-0.25, -0.2) is 0 Å². The van der Waals surface area contributed by atoms with Gasteiger partial charge in [-0.15, -0.1) is 0 Å². The van der Waals surface area contributed by atoms with E-state index in [2.05, 4.69) is 15.2 Å². The molecule has 3 aromatic rings. The number of benzene rings is 2. The van der Waals surface area contributed by atoms with Crippen molar-refractivity contribution < 1.29 is 23.1 Å². The molecular formula is C24H22F3N3O2. The van der Waals surface area contributed by atoms with Gasteiger partial charge in [0.2, 0.25) is 0 Å². The number of halogens is 3. The average molecular weight is 441 g/mol. The number of aliphatic hydroxyl groups excluding tert-OH is 1. The fourth-order valence-corrected chi connectivity index (χ4v) is 3.98. The van der Waals surface area contributed by atoms with E-state index in [1.165, 1.54) is 6.07 Å². The van der Waals surface area contributed by atoms with E-state index in [0.717, 1.165) is 29.1 Å². The number of alkyl halides is 3. The Morgan fingerprint density at radius 1 is 1.12 bits per heavy atom. The van der Waals surface area contributed by atoms with E-state index >= 15 is 0 Å². The molecule has 2 heterocycles. The van der Waals surface area contributed by atoms with Crippen LogP contribution in [-0.4, -0.2) is 35.7 Å². The fraction of sp³-hybridized carbons (Fsp3) is 0.250. The van der Waals surface area contributed by atoms with Crippen LogP contribution in [0.2, 0.25) is 0 Å². The van der Waals surface area contributed by atoms with Crippen LogP contribution in [0.5, 0.6) is 0 Å². The summed E-state index contributed by atoms with van der Waals surface area (Å²) in [5, 5.41) is 11.6. The molecule has 166 valence electrons. The Hall–Kier alpha value is -3.39. The molecule has 1 aliphatic rings. The monoisotopic (exact) mass is 441 g/mol. The summed E-state index contributed by atoms with van der Waals surface area (Å²) in [5.74, 6) is -0.224. The van der Waals surface area contributed by atoms with Gasteiger partial charge in [0.25, 0.3) is 5.91 Å². The van der Waals surface area contributed by atoms with Gasteiger partial charge in [-0.1, -0.05) is 24.3 Å². The first-order valence-corrected chi connectivity index (χ1v) is 10.3. The van der Waals surface area contributed by atoms with Crippen LogP contribution in [0.15, 0.2) is 60.8 Å². The molecule has 0 fully saturated rings. The second-order valence-corrected chi connectivity index (χ2v) is 7.56. The summed E-state index contributed by atoms with van der Waals surface area (Å²) >= 11 is 0. The molecule has 4 rings (SSSR count). The maximum absolute atomic E-state index is 13.0. The number of fused-ring (bicyclic) bond motifs is 1. The van der Waals surface area contributed by atoms with E-state index in [0.29, 0.717) is 29.8 Å². The summed E-state index contributed by atoms with van der Waals surface area (Å²) in [6.07, 6.45) is -1.77. The van der Waals surface area contributed by atoms with E-state index in [9.17, 15) is 18.0 Å². The SMILES string of the molecule is O=C(NCCO)c1cccc2c1CCN2c1ccnc(Cc2cccc(C(F)(F)F)c2)c1. The van der Waals surface area contributed by atoms with Crippen LogP contribution in [0.1, 0.15) is 32.7 Å². The number of nitrogens with one attached hydrogen (secondary N) is 1. The molecule has 0 saturated carbocycles. The van der Waals surface area contributed by atoms with Crippen LogP contribution in [0, 0.1) is 0 Å². The maximum Gasteiger partial charge on any atom is 0.416 e. The van der Waals surface area contributed by atoms with E-state index in [-0.39, 0.29) is 25.5 Å². The van der Waals surface area contributed by atoms with Crippen molar-refractivity contribution in [2.24, 2.45) is 0 Å². The highest BCUT2D eigenvalue weighted by atomic mass is 19.4. The number of hydrogen-bond acceptors (Lipinski definition) is 4. The van der Waals surface area contributed by atoms with Crippen molar-refractivity contribution in [3.63, 3.8) is 0 Å². The maximum atomic E-state index is 13.0. The van der Waals surface area contributed by atoms with Crippen molar-refractivity contribution in [2.75, 3.05) is 24.6 Å². The predicted molar refractivity (Wildman–Crippen MR) is 115 cm³/mol. The highest BCUT2D eigenvalue weighted by Gasteiger charge is 2.30. The summed E-state index contributed by atoms with van der Waals surface area (Å²) in [6.45, 7) is 0.737. The lowest BCUT2D eigenvalue weighted by Gasteiger charge is -2.20. The summed E-state index contributed by atoms with van der Waals surface area (Å²) in [5.41, 5.74) is 3.82. The molecule has 0 bridgehead atoms. The Kier molecular flexibility index (Phi) is 6.14. The number of carbonyl (C=O) groups is 1. The number of anilines is 2. The third kappa shape index (κ3) is 4.60. The Morgan fingerprint density at radius 2 is 1.94 bits per heavy atom. The minimum absolute atomic E-state index is 0.126. The summed E-state index contributed by atoms with van der Waals surface area (Å²) in [7, 11) is 0. The quantitative estimate of drug-likeness (QED) is 0.604. The van der Waals surface area contributed by atoms with Crippen LogP contribution in [0.4, 0.5) is 24.5 Å². The zero-order chi connectivity index (χ0) is 22.7. The molecule has 0 unspecified atom stereocenters. The number of rotatable bonds is 6. The van der Waals surface area contributed by atoms with Gasteiger partial charge in [0, 0.05) is 48.3 Å². The lowest BCUT2D eigenvalue weighted by atomic mass is 10.0. The lowest BCUT2D eigenvalue weighted by molar-refractivity contribution is -0.137. The van der Waals surface area contributed by atoms with Crippen molar-refractivity contribution in [1.82, 2.24) is 10.3 Å². The smallest absolute Gasteiger partial charge is 0.395 e. The number of amides is 1. The van der Waals surface area contributed by atoms with Gasteiger partial charge in [0.15, 0.2) is 0 Å². The van der Waals surface area contributed by atoms with Crippen molar-refractivity contribution in [1.29, 1.82) is 0 Å². The lowest BCUT2D eigenvalue weighted by Crippen LogP contribution is -2.27. The summed E-state index contributed by atoms with van der Waals surface area (Å²) in [6, 6.07) is 14.5. The number of pyridine rings is 1. The summed E-state index contributed by atoms with van der Waals surface area (Å²) in [4.78, 5) is 18.8. The molecule has 8 heteroatoms. The van der Waals surface area contributed by atoms with Gasteiger partial charge in [-0.05, 0) is 47.9 Å². The Balaban J connectivity index is 1.58. The van der Waals surface area contributed by atoms with Gasteiger partial charge < -0.3 is 15.3 Å². The standard InChI is InChI=1S/C24H22F3N3O2/c25-24(26,27)17-4-1-3-16(13-17)14-18-15-19(7-9-28-18)30-11-8-20-21(5-2-6-22(20)30)23(32)29-10-12-31/h1-7,9,13,15,31H,8,10-12,14H2,(H,29,32). The van der Waals surface area contributed by atoms with Gasteiger partial charge >= 0.3 is 6.18 Å². The molecule has 0 aliphatic carbocycles. The highest BCUT2D eigenvalue weighted by molar-refractivity contribution is 5.98. The number of carbonyl (C=O) groups excluding carboxylic acids is 1. The molecule has 1 aliphatic heterocycles. The molecule has 2 N–H and O–H groups in total. The van der Waals surface area contributed by atoms with Crippen LogP contribution >= 0.6 is 0 Å². The van der Waals surface area contributed by atoms with Crippen LogP contribution in [0.3, 0.4) is 0 Å². The second kappa shape index (κ2) is 9.00. The molecule has 0 spiro atoms. The fourth-order valence-electron chi connectivity index (χ4n) is 3.98. The largest absolute Gasteiger partial charge is 0.416 e. The van der Waals surface area contributed by atoms with Gasteiger partial charge in [0.05, 0.1) is 12.2 Å². The van der Waals surface area contributed by atoms with Crippen molar-refractivity contribution >= 4 is 17.3 Å². The first-order chi connectivity index (χ1) is 15.4. The topological polar surface area (TPSA) is 65.5 Å². The van der Waals surface area contributed by atoms with Gasteiger partial charge in [-0.3, -0.25) is 9.78 Å². The predicted octanol–water partition coefficient (Wildman–Crippen LogP) is 4.11. The molecule has 0 radical (unpaired) electrons. The molecule has 1 aromatic heterocycles. The molecule has 1 amide bonds. The zero-order valence-electron chi connectivity index (χ0n) is 17.2. The van der Waals surface area contributed by atoms with E-state index in [4.69, 9.17) is 5.11 Å². The minimum atomic E-state index is -4.38. The van der Waals surface area contributed by atoms with E-state index in [1.54, 1.807) is 18.3 Å². The summed E-state index contributed by atoms with van der Waals surface area (Å²) < 4.78 is 39.0. The molecule has 0 atom stereocenters. The van der Waals surface area contributed by atoms with Crippen molar-refractivity contribution in [2.45, 2.75) is 19.0 Å². The van der Waals surface area contributed by atoms with Crippen LogP contribution in [-0.2, 0) is 19.0 Å². The molecule has 32 heavy (non-hydrogen) atoms. The van der Waals surface area contributed by atoms with Gasteiger partial charge in [-0.2, -0.15) is 13.2 Å². The molecular weight excluding hydrogens is 419 g/mol. The highest BCUT2D eigenvalue weighted by Crippen LogP contribution is 2.36. The van der Waals surface area contributed by atoms with Crippen molar-refractivity contribution in [3.8, 4) is 0 Å². The molecule has 2 aromatic carbocycles. The average Bonchev–Trinajstić information content (AvgIpc) is 3.21. The number of nitrogens with zero attached hydrogens (tertiary/aromatic N) is 2. The minimum Gasteiger partial charge on any atom is -0.395 e. The zero-order valence-corrected chi connectivity index (χ0v) is 17.2. The van der Waals surface area contributed by atoms with E-state index in [1.807, 2.05) is 24.3 Å². The van der Waals surface area contributed by atoms with Gasteiger partial charge in [0.1, 0.15) is 0 Å².